The predicted molar refractivity (Wildman–Crippen MR) is 59.1 cm³/mol. The van der Waals surface area contributed by atoms with Crippen LogP contribution in [0.1, 0.15) is 16.6 Å². The molecule has 2 aromatic heterocycles. The van der Waals surface area contributed by atoms with Gasteiger partial charge in [0.05, 0.1) is 17.2 Å². The smallest absolute Gasteiger partial charge is 0.0794 e. The number of nitrogens with two attached hydrogens (primary N) is 1. The molecule has 0 saturated heterocycles. The molecular formula is C9H13N5S. The monoisotopic (exact) mass is 223 g/mol. The van der Waals surface area contributed by atoms with Gasteiger partial charge < -0.3 is 0 Å². The van der Waals surface area contributed by atoms with Crippen LogP contribution >= 0.6 is 11.3 Å². The summed E-state index contributed by atoms with van der Waals surface area (Å²) in [6.45, 7) is 0. The summed E-state index contributed by atoms with van der Waals surface area (Å²) in [7, 11) is 1.91. The first-order valence-electron chi connectivity index (χ1n) is 4.62. The number of aromatic nitrogens is 3. The molecule has 15 heavy (non-hydrogen) atoms. The zero-order valence-electron chi connectivity index (χ0n) is 8.42. The maximum absolute atomic E-state index is 5.54. The zero-order valence-corrected chi connectivity index (χ0v) is 9.24. The Hall–Kier alpha value is -1.24. The Morgan fingerprint density at radius 3 is 3.07 bits per heavy atom. The van der Waals surface area contributed by atoms with Gasteiger partial charge in [-0.25, -0.2) is 0 Å². The minimum Gasteiger partial charge on any atom is -0.271 e. The van der Waals surface area contributed by atoms with Crippen LogP contribution in [-0.4, -0.2) is 14.8 Å². The number of rotatable bonds is 4. The Balaban J connectivity index is 2.15. The van der Waals surface area contributed by atoms with Gasteiger partial charge in [-0.15, -0.1) is 11.3 Å². The molecule has 0 fully saturated rings. The van der Waals surface area contributed by atoms with Crippen molar-refractivity contribution in [2.75, 3.05) is 0 Å². The summed E-state index contributed by atoms with van der Waals surface area (Å²) in [5.41, 5.74) is 5.70. The van der Waals surface area contributed by atoms with Crippen LogP contribution in [0.4, 0.5) is 0 Å². The molecule has 0 spiro atoms. The molecule has 3 N–H and O–H groups in total. The number of hydrogen-bond donors (Lipinski definition) is 2. The van der Waals surface area contributed by atoms with E-state index in [1.807, 2.05) is 29.5 Å². The molecule has 0 aliphatic heterocycles. The van der Waals surface area contributed by atoms with E-state index in [4.69, 9.17) is 5.84 Å². The fourth-order valence-corrected chi connectivity index (χ4v) is 2.16. The maximum atomic E-state index is 5.54. The summed E-state index contributed by atoms with van der Waals surface area (Å²) in [6.07, 6.45) is 4.47. The second-order valence-electron chi connectivity index (χ2n) is 3.27. The van der Waals surface area contributed by atoms with E-state index in [0.717, 1.165) is 12.1 Å². The van der Waals surface area contributed by atoms with Crippen LogP contribution in [-0.2, 0) is 13.5 Å². The van der Waals surface area contributed by atoms with Crippen molar-refractivity contribution >= 4 is 11.3 Å². The van der Waals surface area contributed by atoms with E-state index in [-0.39, 0.29) is 6.04 Å². The van der Waals surface area contributed by atoms with Gasteiger partial charge >= 0.3 is 0 Å². The number of aryl methyl sites for hydroxylation is 1. The molecule has 80 valence electrons. The molecule has 2 heterocycles. The van der Waals surface area contributed by atoms with Crippen molar-refractivity contribution in [3.63, 3.8) is 0 Å². The van der Waals surface area contributed by atoms with Gasteiger partial charge in [0, 0.05) is 30.7 Å². The van der Waals surface area contributed by atoms with Crippen LogP contribution in [0, 0.1) is 0 Å². The first-order valence-corrected chi connectivity index (χ1v) is 5.50. The van der Waals surface area contributed by atoms with E-state index >= 15 is 0 Å². The predicted octanol–water partition coefficient (Wildman–Crippen LogP) is 0.624. The Morgan fingerprint density at radius 2 is 2.53 bits per heavy atom. The highest BCUT2D eigenvalue weighted by molar-refractivity contribution is 7.09. The topological polar surface area (TPSA) is 68.8 Å². The fraction of sp³-hybridized carbons (Fsp3) is 0.333. The van der Waals surface area contributed by atoms with Gasteiger partial charge in [-0.05, 0) is 6.07 Å². The van der Waals surface area contributed by atoms with Crippen molar-refractivity contribution in [1.29, 1.82) is 0 Å². The lowest BCUT2D eigenvalue weighted by Gasteiger charge is -2.14. The molecule has 0 aliphatic carbocycles. The van der Waals surface area contributed by atoms with Crippen LogP contribution in [0.15, 0.2) is 24.0 Å². The summed E-state index contributed by atoms with van der Waals surface area (Å²) in [5, 5.41) is 4.12. The highest BCUT2D eigenvalue weighted by Gasteiger charge is 2.14. The lowest BCUT2D eigenvalue weighted by molar-refractivity contribution is 0.511. The Labute approximate surface area is 91.9 Å². The molecule has 2 rings (SSSR count). The highest BCUT2D eigenvalue weighted by atomic mass is 32.1. The summed E-state index contributed by atoms with van der Waals surface area (Å²) in [6, 6.07) is 2.05. The van der Waals surface area contributed by atoms with E-state index in [0.29, 0.717) is 0 Å². The number of thiazole rings is 1. The third-order valence-corrected chi connectivity index (χ3v) is 3.11. The van der Waals surface area contributed by atoms with Crippen molar-refractivity contribution in [1.82, 2.24) is 20.2 Å². The number of nitrogens with one attached hydrogen (secondary N) is 1. The lowest BCUT2D eigenvalue weighted by Crippen LogP contribution is -2.30. The van der Waals surface area contributed by atoms with Crippen molar-refractivity contribution in [3.05, 3.63) is 34.5 Å². The maximum Gasteiger partial charge on any atom is 0.0794 e. The molecule has 2 aromatic rings. The average molecular weight is 223 g/mol. The normalized spacial score (nSPS) is 12.9. The minimum absolute atomic E-state index is 0.0814. The molecule has 0 saturated carbocycles. The molecule has 0 bridgehead atoms. The molecule has 1 atom stereocenters. The summed E-state index contributed by atoms with van der Waals surface area (Å²) in [4.78, 5) is 5.25. The molecule has 1 unspecified atom stereocenters. The molecule has 0 aromatic carbocycles. The van der Waals surface area contributed by atoms with Gasteiger partial charge in [0.15, 0.2) is 0 Å². The van der Waals surface area contributed by atoms with Crippen LogP contribution in [0.3, 0.4) is 0 Å². The first-order chi connectivity index (χ1) is 7.31. The molecule has 0 amide bonds. The van der Waals surface area contributed by atoms with Crippen LogP contribution < -0.4 is 11.3 Å². The molecular weight excluding hydrogens is 210 g/mol. The second kappa shape index (κ2) is 4.52. The van der Waals surface area contributed by atoms with E-state index < -0.39 is 0 Å². The Morgan fingerprint density at radius 1 is 1.67 bits per heavy atom. The summed E-state index contributed by atoms with van der Waals surface area (Å²) < 4.78 is 1.82. The molecule has 0 radical (unpaired) electrons. The summed E-state index contributed by atoms with van der Waals surface area (Å²) in [5.74, 6) is 5.54. The first kappa shape index (κ1) is 10.3. The second-order valence-corrected chi connectivity index (χ2v) is 4.24. The SMILES string of the molecule is Cn1nccc1C(Cc1cncs1)NN. The highest BCUT2D eigenvalue weighted by Crippen LogP contribution is 2.18. The van der Waals surface area contributed by atoms with Crippen LogP contribution in [0.5, 0.6) is 0 Å². The number of hydrazine groups is 1. The van der Waals surface area contributed by atoms with E-state index in [2.05, 4.69) is 15.5 Å². The van der Waals surface area contributed by atoms with E-state index in [1.165, 1.54) is 4.88 Å². The van der Waals surface area contributed by atoms with Crippen LogP contribution in [0.2, 0.25) is 0 Å². The Kier molecular flexibility index (Phi) is 3.10. The fourth-order valence-electron chi connectivity index (χ4n) is 1.52. The van der Waals surface area contributed by atoms with Gasteiger partial charge in [-0.1, -0.05) is 0 Å². The van der Waals surface area contributed by atoms with Gasteiger partial charge in [-0.3, -0.25) is 20.9 Å². The van der Waals surface area contributed by atoms with Crippen molar-refractivity contribution in [2.45, 2.75) is 12.5 Å². The standard InChI is InChI=1S/C9H13N5S/c1-14-9(2-3-12-14)8(13-10)4-7-5-11-6-15-7/h2-3,5-6,8,13H,4,10H2,1H3. The molecule has 5 nitrogen and oxygen atoms in total. The lowest BCUT2D eigenvalue weighted by atomic mass is 10.1. The van der Waals surface area contributed by atoms with Crippen molar-refractivity contribution < 1.29 is 0 Å². The average Bonchev–Trinajstić information content (AvgIpc) is 2.85. The van der Waals surface area contributed by atoms with E-state index in [1.54, 1.807) is 17.5 Å². The number of hydrogen-bond acceptors (Lipinski definition) is 5. The molecule has 6 heteroatoms. The zero-order chi connectivity index (χ0) is 10.7. The van der Waals surface area contributed by atoms with Gasteiger partial charge in [0.2, 0.25) is 0 Å². The van der Waals surface area contributed by atoms with Gasteiger partial charge in [0.25, 0.3) is 0 Å². The van der Waals surface area contributed by atoms with Crippen LogP contribution in [0.25, 0.3) is 0 Å². The third-order valence-electron chi connectivity index (χ3n) is 2.31. The molecule has 0 aliphatic rings. The largest absolute Gasteiger partial charge is 0.271 e. The number of nitrogens with zero attached hydrogens (tertiary/aromatic N) is 3. The van der Waals surface area contributed by atoms with Gasteiger partial charge in [0.1, 0.15) is 0 Å². The van der Waals surface area contributed by atoms with E-state index in [9.17, 15) is 0 Å². The van der Waals surface area contributed by atoms with Gasteiger partial charge in [-0.2, -0.15) is 5.10 Å². The third kappa shape index (κ3) is 2.23. The van der Waals surface area contributed by atoms with Crippen molar-refractivity contribution in [2.24, 2.45) is 12.9 Å². The summed E-state index contributed by atoms with van der Waals surface area (Å²) >= 11 is 1.63. The quantitative estimate of drug-likeness (QED) is 0.589. The Bertz CT molecular complexity index is 408. The van der Waals surface area contributed by atoms with Crippen molar-refractivity contribution in [3.8, 4) is 0 Å². The minimum atomic E-state index is 0.0814.